The Kier molecular flexibility index (Phi) is 4.62. The smallest absolute Gasteiger partial charge is 0.319 e. The van der Waals surface area contributed by atoms with Crippen LogP contribution < -0.4 is 10.6 Å². The van der Waals surface area contributed by atoms with Crippen molar-refractivity contribution < 1.29 is 4.79 Å². The average molecular weight is 341 g/mol. The maximum Gasteiger partial charge on any atom is 0.319 e. The molecule has 6 heteroatoms. The number of amides is 2. The zero-order chi connectivity index (χ0) is 17.1. The highest BCUT2D eigenvalue weighted by Crippen LogP contribution is 2.17. The summed E-state index contributed by atoms with van der Waals surface area (Å²) in [4.78, 5) is 21.0. The maximum absolute atomic E-state index is 12.0. The first-order valence-electron chi connectivity index (χ1n) is 7.55. The molecule has 0 aliphatic carbocycles. The summed E-state index contributed by atoms with van der Waals surface area (Å²) in [7, 11) is 0. The van der Waals surface area contributed by atoms with Crippen molar-refractivity contribution in [1.82, 2.24) is 15.3 Å². The molecular formula is C18H17ClN4O. The Hall–Kier alpha value is -2.66. The van der Waals surface area contributed by atoms with E-state index in [0.29, 0.717) is 17.3 Å². The van der Waals surface area contributed by atoms with Crippen molar-refractivity contribution in [2.75, 3.05) is 5.32 Å². The van der Waals surface area contributed by atoms with Crippen molar-refractivity contribution in [2.45, 2.75) is 20.4 Å². The topological polar surface area (TPSA) is 66.9 Å². The minimum Gasteiger partial charge on any atom is -0.334 e. The lowest BCUT2D eigenvalue weighted by molar-refractivity contribution is 0.251. The first kappa shape index (κ1) is 16.2. The molecule has 0 radical (unpaired) electrons. The molecule has 2 N–H and O–H groups in total. The van der Waals surface area contributed by atoms with Gasteiger partial charge in [-0.2, -0.15) is 0 Å². The highest BCUT2D eigenvalue weighted by Gasteiger charge is 2.05. The average Bonchev–Trinajstić information content (AvgIpc) is 2.56. The highest BCUT2D eigenvalue weighted by molar-refractivity contribution is 6.30. The zero-order valence-corrected chi connectivity index (χ0v) is 14.2. The lowest BCUT2D eigenvalue weighted by Crippen LogP contribution is -2.28. The molecule has 0 atom stereocenters. The number of hydrogen-bond acceptors (Lipinski definition) is 3. The fraction of sp³-hybridized carbons (Fsp3) is 0.167. The summed E-state index contributed by atoms with van der Waals surface area (Å²) < 4.78 is 0. The van der Waals surface area contributed by atoms with Gasteiger partial charge in [0.05, 0.1) is 22.4 Å². The van der Waals surface area contributed by atoms with Gasteiger partial charge in [0.2, 0.25) is 0 Å². The van der Waals surface area contributed by atoms with E-state index in [9.17, 15) is 4.79 Å². The summed E-state index contributed by atoms with van der Waals surface area (Å²) in [5.41, 5.74) is 5.01. The predicted molar refractivity (Wildman–Crippen MR) is 96.3 cm³/mol. The fourth-order valence-corrected chi connectivity index (χ4v) is 2.39. The van der Waals surface area contributed by atoms with E-state index in [1.165, 1.54) is 0 Å². The molecule has 0 aliphatic heterocycles. The van der Waals surface area contributed by atoms with Crippen LogP contribution in [0, 0.1) is 13.8 Å². The number of rotatable bonds is 3. The van der Waals surface area contributed by atoms with E-state index in [2.05, 4.69) is 20.6 Å². The summed E-state index contributed by atoms with van der Waals surface area (Å²) in [6, 6.07) is 12.5. The molecule has 0 bridgehead atoms. The summed E-state index contributed by atoms with van der Waals surface area (Å²) in [6.07, 6.45) is 0. The summed E-state index contributed by atoms with van der Waals surface area (Å²) in [6.45, 7) is 4.27. The minimum atomic E-state index is -0.277. The number of carbonyl (C=O) groups excluding carboxylic acids is 1. The molecule has 0 aliphatic rings. The predicted octanol–water partition coefficient (Wildman–Crippen LogP) is 4.22. The lowest BCUT2D eigenvalue weighted by atomic mass is 10.2. The lowest BCUT2D eigenvalue weighted by Gasteiger charge is -2.09. The van der Waals surface area contributed by atoms with E-state index in [4.69, 9.17) is 11.6 Å². The standard InChI is InChI=1S/C18H17ClN4O/c1-11-12(2)22-17-9-15(7-8-16(17)21-11)23-18(24)20-10-13-3-5-14(19)6-4-13/h3-9H,10H2,1-2H3,(H2,20,23,24). The monoisotopic (exact) mass is 340 g/mol. The molecule has 122 valence electrons. The summed E-state index contributed by atoms with van der Waals surface area (Å²) in [5.74, 6) is 0. The Labute approximate surface area is 145 Å². The Morgan fingerprint density at radius 1 is 1.00 bits per heavy atom. The number of anilines is 1. The third kappa shape index (κ3) is 3.81. The van der Waals surface area contributed by atoms with Gasteiger partial charge in [-0.25, -0.2) is 14.8 Å². The van der Waals surface area contributed by atoms with Gasteiger partial charge < -0.3 is 10.6 Å². The first-order valence-corrected chi connectivity index (χ1v) is 7.93. The largest absolute Gasteiger partial charge is 0.334 e. The van der Waals surface area contributed by atoms with Gasteiger partial charge in [0, 0.05) is 17.3 Å². The highest BCUT2D eigenvalue weighted by atomic mass is 35.5. The normalized spacial score (nSPS) is 10.6. The molecule has 3 aromatic rings. The van der Waals surface area contributed by atoms with Crippen molar-refractivity contribution in [1.29, 1.82) is 0 Å². The van der Waals surface area contributed by atoms with E-state index in [1.54, 1.807) is 12.1 Å². The molecule has 2 amide bonds. The van der Waals surface area contributed by atoms with Crippen LogP contribution >= 0.6 is 11.6 Å². The Morgan fingerprint density at radius 3 is 2.38 bits per heavy atom. The number of nitrogens with one attached hydrogen (secondary N) is 2. The second kappa shape index (κ2) is 6.84. The number of carbonyl (C=O) groups is 1. The first-order chi connectivity index (χ1) is 11.5. The molecule has 1 aromatic heterocycles. The van der Waals surface area contributed by atoms with Crippen LogP contribution in [0.15, 0.2) is 42.5 Å². The molecule has 3 rings (SSSR count). The van der Waals surface area contributed by atoms with E-state index >= 15 is 0 Å². The van der Waals surface area contributed by atoms with Crippen LogP contribution in [0.3, 0.4) is 0 Å². The molecule has 2 aromatic carbocycles. The molecule has 5 nitrogen and oxygen atoms in total. The van der Waals surface area contributed by atoms with Crippen LogP contribution in [-0.4, -0.2) is 16.0 Å². The van der Waals surface area contributed by atoms with Crippen molar-refractivity contribution in [2.24, 2.45) is 0 Å². The minimum absolute atomic E-state index is 0.277. The molecule has 0 unspecified atom stereocenters. The Balaban J connectivity index is 1.66. The number of benzene rings is 2. The molecule has 0 saturated heterocycles. The Morgan fingerprint density at radius 2 is 1.67 bits per heavy atom. The molecular weight excluding hydrogens is 324 g/mol. The van der Waals surface area contributed by atoms with Crippen LogP contribution in [0.4, 0.5) is 10.5 Å². The molecule has 0 spiro atoms. The van der Waals surface area contributed by atoms with E-state index < -0.39 is 0 Å². The Bertz CT molecular complexity index is 893. The van der Waals surface area contributed by atoms with Crippen LogP contribution in [0.25, 0.3) is 11.0 Å². The number of hydrogen-bond donors (Lipinski definition) is 2. The zero-order valence-electron chi connectivity index (χ0n) is 13.4. The van der Waals surface area contributed by atoms with Gasteiger partial charge >= 0.3 is 6.03 Å². The van der Waals surface area contributed by atoms with E-state index in [1.807, 2.05) is 44.2 Å². The third-order valence-electron chi connectivity index (χ3n) is 3.70. The van der Waals surface area contributed by atoms with Gasteiger partial charge in [-0.05, 0) is 49.7 Å². The van der Waals surface area contributed by atoms with Gasteiger partial charge in [0.1, 0.15) is 0 Å². The van der Waals surface area contributed by atoms with Crippen molar-refractivity contribution in [3.8, 4) is 0 Å². The van der Waals surface area contributed by atoms with Gasteiger partial charge in [-0.1, -0.05) is 23.7 Å². The molecule has 24 heavy (non-hydrogen) atoms. The van der Waals surface area contributed by atoms with Crippen LogP contribution in [0.2, 0.25) is 5.02 Å². The number of halogens is 1. The third-order valence-corrected chi connectivity index (χ3v) is 3.95. The van der Waals surface area contributed by atoms with Crippen molar-refractivity contribution >= 4 is 34.4 Å². The SMILES string of the molecule is Cc1nc2ccc(NC(=O)NCc3ccc(Cl)cc3)cc2nc1C. The molecule has 0 saturated carbocycles. The van der Waals surface area contributed by atoms with Crippen LogP contribution in [-0.2, 0) is 6.54 Å². The fourth-order valence-electron chi connectivity index (χ4n) is 2.27. The number of urea groups is 1. The quantitative estimate of drug-likeness (QED) is 0.750. The molecule has 1 heterocycles. The number of aryl methyl sites for hydroxylation is 2. The maximum atomic E-state index is 12.0. The van der Waals surface area contributed by atoms with E-state index in [-0.39, 0.29) is 6.03 Å². The molecule has 0 fully saturated rings. The summed E-state index contributed by atoms with van der Waals surface area (Å²) >= 11 is 5.84. The number of nitrogens with zero attached hydrogens (tertiary/aromatic N) is 2. The van der Waals surface area contributed by atoms with Gasteiger partial charge in [0.15, 0.2) is 0 Å². The second-order valence-electron chi connectivity index (χ2n) is 5.53. The van der Waals surface area contributed by atoms with Crippen molar-refractivity contribution in [3.05, 3.63) is 64.4 Å². The number of fused-ring (bicyclic) bond motifs is 1. The van der Waals surface area contributed by atoms with Gasteiger partial charge in [0.25, 0.3) is 0 Å². The van der Waals surface area contributed by atoms with E-state index in [0.717, 1.165) is 28.0 Å². The van der Waals surface area contributed by atoms with Crippen molar-refractivity contribution in [3.63, 3.8) is 0 Å². The second-order valence-corrected chi connectivity index (χ2v) is 5.97. The van der Waals surface area contributed by atoms with Crippen LogP contribution in [0.1, 0.15) is 17.0 Å². The van der Waals surface area contributed by atoms with Gasteiger partial charge in [-0.15, -0.1) is 0 Å². The van der Waals surface area contributed by atoms with Gasteiger partial charge in [-0.3, -0.25) is 0 Å². The van der Waals surface area contributed by atoms with Crippen LogP contribution in [0.5, 0.6) is 0 Å². The summed E-state index contributed by atoms with van der Waals surface area (Å²) in [5, 5.41) is 6.28. The number of aromatic nitrogens is 2.